The molecule has 1 aromatic carbocycles. The van der Waals surface area contributed by atoms with Crippen LogP contribution in [-0.4, -0.2) is 6.04 Å². The predicted molar refractivity (Wildman–Crippen MR) is 66.9 cm³/mol. The molecule has 0 radical (unpaired) electrons. The lowest BCUT2D eigenvalue weighted by Crippen LogP contribution is -2.17. The van der Waals surface area contributed by atoms with Crippen LogP contribution in [0.25, 0.3) is 10.1 Å². The van der Waals surface area contributed by atoms with Crippen LogP contribution in [0.3, 0.4) is 0 Å². The first-order valence-electron chi connectivity index (χ1n) is 4.58. The second kappa shape index (κ2) is 4.01. The molecule has 1 atom stereocenters. The summed E-state index contributed by atoms with van der Waals surface area (Å²) in [6.45, 7) is 2.04. The highest BCUT2D eigenvalue weighted by molar-refractivity contribution is 9.10. The quantitative estimate of drug-likeness (QED) is 0.887. The van der Waals surface area contributed by atoms with Gasteiger partial charge >= 0.3 is 0 Å². The second-order valence-electron chi connectivity index (χ2n) is 3.56. The zero-order chi connectivity index (χ0) is 10.1. The minimum Gasteiger partial charge on any atom is -0.328 e. The molecule has 0 saturated carbocycles. The molecule has 1 unspecified atom stereocenters. The largest absolute Gasteiger partial charge is 0.328 e. The molecule has 0 aliphatic carbocycles. The molecule has 1 heterocycles. The highest BCUT2D eigenvalue weighted by Crippen LogP contribution is 2.32. The number of fused-ring (bicyclic) bond motifs is 1. The van der Waals surface area contributed by atoms with Crippen molar-refractivity contribution < 1.29 is 0 Å². The van der Waals surface area contributed by atoms with Gasteiger partial charge in [0.2, 0.25) is 0 Å². The van der Waals surface area contributed by atoms with Gasteiger partial charge in [0.1, 0.15) is 0 Å². The van der Waals surface area contributed by atoms with Gasteiger partial charge in [-0.3, -0.25) is 0 Å². The van der Waals surface area contributed by atoms with Crippen LogP contribution in [0, 0.1) is 0 Å². The Morgan fingerprint density at radius 1 is 1.50 bits per heavy atom. The van der Waals surface area contributed by atoms with E-state index in [0.717, 1.165) is 6.42 Å². The van der Waals surface area contributed by atoms with E-state index in [4.69, 9.17) is 5.73 Å². The topological polar surface area (TPSA) is 26.0 Å². The number of hydrogen-bond acceptors (Lipinski definition) is 2. The van der Waals surface area contributed by atoms with Crippen molar-refractivity contribution >= 4 is 37.4 Å². The van der Waals surface area contributed by atoms with E-state index >= 15 is 0 Å². The fourth-order valence-electron chi connectivity index (χ4n) is 1.58. The predicted octanol–water partition coefficient (Wildman–Crippen LogP) is 3.55. The Bertz CT molecular complexity index is 447. The first kappa shape index (κ1) is 10.1. The third-order valence-electron chi connectivity index (χ3n) is 2.17. The second-order valence-corrected chi connectivity index (χ2v) is 5.29. The van der Waals surface area contributed by atoms with Crippen molar-refractivity contribution in [3.8, 4) is 0 Å². The van der Waals surface area contributed by atoms with Gasteiger partial charge in [0.05, 0.1) is 0 Å². The van der Waals surface area contributed by atoms with Gasteiger partial charge in [-0.15, -0.1) is 11.3 Å². The monoisotopic (exact) mass is 269 g/mol. The van der Waals surface area contributed by atoms with Gasteiger partial charge in [0.15, 0.2) is 0 Å². The molecule has 2 N–H and O–H groups in total. The molecule has 1 aromatic heterocycles. The van der Waals surface area contributed by atoms with Crippen molar-refractivity contribution in [3.63, 3.8) is 0 Å². The lowest BCUT2D eigenvalue weighted by Gasteiger charge is -2.03. The minimum atomic E-state index is 0.229. The van der Waals surface area contributed by atoms with E-state index in [0.29, 0.717) is 0 Å². The lowest BCUT2D eigenvalue weighted by molar-refractivity contribution is 0.743. The van der Waals surface area contributed by atoms with Crippen LogP contribution in [0.15, 0.2) is 28.1 Å². The Labute approximate surface area is 96.1 Å². The van der Waals surface area contributed by atoms with E-state index in [1.807, 2.05) is 6.92 Å². The Balaban J connectivity index is 2.52. The van der Waals surface area contributed by atoms with Crippen LogP contribution in [0.2, 0.25) is 0 Å². The Morgan fingerprint density at radius 2 is 2.29 bits per heavy atom. The van der Waals surface area contributed by atoms with Gasteiger partial charge in [0, 0.05) is 15.2 Å². The number of nitrogens with two attached hydrogens (primary N) is 1. The highest BCUT2D eigenvalue weighted by Gasteiger charge is 2.07. The number of hydrogen-bond donors (Lipinski definition) is 1. The lowest BCUT2D eigenvalue weighted by atomic mass is 10.1. The summed E-state index contributed by atoms with van der Waals surface area (Å²) in [5.41, 5.74) is 7.17. The maximum absolute atomic E-state index is 5.81. The van der Waals surface area contributed by atoms with Gasteiger partial charge in [-0.2, -0.15) is 0 Å². The molecule has 0 spiro atoms. The summed E-state index contributed by atoms with van der Waals surface area (Å²) in [6.07, 6.45) is 0.955. The van der Waals surface area contributed by atoms with Gasteiger partial charge < -0.3 is 5.73 Å². The Hall–Kier alpha value is -0.380. The highest BCUT2D eigenvalue weighted by atomic mass is 79.9. The zero-order valence-corrected chi connectivity index (χ0v) is 10.4. The minimum absolute atomic E-state index is 0.229. The van der Waals surface area contributed by atoms with E-state index in [1.54, 1.807) is 11.3 Å². The molecule has 14 heavy (non-hydrogen) atoms. The fourth-order valence-corrected chi connectivity index (χ4v) is 3.22. The molecular formula is C11H12BrNS. The van der Waals surface area contributed by atoms with Gasteiger partial charge in [-0.25, -0.2) is 0 Å². The van der Waals surface area contributed by atoms with Crippen LogP contribution in [0.4, 0.5) is 0 Å². The third kappa shape index (κ3) is 1.85. The molecule has 0 bridgehead atoms. The normalized spacial score (nSPS) is 13.4. The summed E-state index contributed by atoms with van der Waals surface area (Å²) in [4.78, 5) is 0. The van der Waals surface area contributed by atoms with Gasteiger partial charge in [-0.1, -0.05) is 12.1 Å². The van der Waals surface area contributed by atoms with Crippen molar-refractivity contribution in [1.29, 1.82) is 0 Å². The SMILES string of the molecule is CC(N)Cc1csc2c(Br)cccc12. The molecule has 74 valence electrons. The molecule has 2 aromatic rings. The average molecular weight is 270 g/mol. The van der Waals surface area contributed by atoms with Crippen LogP contribution < -0.4 is 5.73 Å². The number of rotatable bonds is 2. The van der Waals surface area contributed by atoms with Crippen molar-refractivity contribution in [2.45, 2.75) is 19.4 Å². The number of halogens is 1. The zero-order valence-electron chi connectivity index (χ0n) is 7.96. The summed E-state index contributed by atoms with van der Waals surface area (Å²) >= 11 is 5.34. The molecule has 0 aliphatic rings. The molecule has 0 aliphatic heterocycles. The summed E-state index contributed by atoms with van der Waals surface area (Å²) in [6, 6.07) is 6.54. The van der Waals surface area contributed by atoms with E-state index in [2.05, 4.69) is 39.5 Å². The van der Waals surface area contributed by atoms with E-state index in [1.165, 1.54) is 20.1 Å². The smallest absolute Gasteiger partial charge is 0.0487 e. The van der Waals surface area contributed by atoms with Gasteiger partial charge in [-0.05, 0) is 51.7 Å². The maximum Gasteiger partial charge on any atom is 0.0487 e. The molecular weight excluding hydrogens is 258 g/mol. The Morgan fingerprint density at radius 3 is 3.00 bits per heavy atom. The molecule has 1 nitrogen and oxygen atoms in total. The van der Waals surface area contributed by atoms with E-state index < -0.39 is 0 Å². The van der Waals surface area contributed by atoms with Crippen LogP contribution in [0.1, 0.15) is 12.5 Å². The van der Waals surface area contributed by atoms with Gasteiger partial charge in [0.25, 0.3) is 0 Å². The molecule has 0 fully saturated rings. The standard InChI is InChI=1S/C11H12BrNS/c1-7(13)5-8-6-14-11-9(8)3-2-4-10(11)12/h2-4,6-7H,5,13H2,1H3. The van der Waals surface area contributed by atoms with Crippen LogP contribution in [0.5, 0.6) is 0 Å². The average Bonchev–Trinajstić information content (AvgIpc) is 2.49. The summed E-state index contributed by atoms with van der Waals surface area (Å²) in [5.74, 6) is 0. The summed E-state index contributed by atoms with van der Waals surface area (Å²) in [7, 11) is 0. The van der Waals surface area contributed by atoms with Crippen molar-refractivity contribution in [3.05, 3.63) is 33.6 Å². The fraction of sp³-hybridized carbons (Fsp3) is 0.273. The van der Waals surface area contributed by atoms with E-state index in [-0.39, 0.29) is 6.04 Å². The molecule has 0 amide bonds. The molecule has 0 saturated heterocycles. The van der Waals surface area contributed by atoms with E-state index in [9.17, 15) is 0 Å². The van der Waals surface area contributed by atoms with Crippen molar-refractivity contribution in [2.24, 2.45) is 5.73 Å². The van der Waals surface area contributed by atoms with Crippen LogP contribution >= 0.6 is 27.3 Å². The maximum atomic E-state index is 5.81. The summed E-state index contributed by atoms with van der Waals surface area (Å²) < 4.78 is 2.50. The molecule has 2 rings (SSSR count). The Kier molecular flexibility index (Phi) is 2.91. The first-order chi connectivity index (χ1) is 6.68. The molecule has 3 heteroatoms. The van der Waals surface area contributed by atoms with Crippen molar-refractivity contribution in [2.75, 3.05) is 0 Å². The number of thiophene rings is 1. The van der Waals surface area contributed by atoms with Crippen molar-refractivity contribution in [1.82, 2.24) is 0 Å². The first-order valence-corrected chi connectivity index (χ1v) is 6.26. The van der Waals surface area contributed by atoms with Crippen LogP contribution in [-0.2, 0) is 6.42 Å². The third-order valence-corrected chi connectivity index (χ3v) is 4.18. The summed E-state index contributed by atoms with van der Waals surface area (Å²) in [5, 5.41) is 3.54. The number of benzene rings is 1.